The molecule has 5 heteroatoms. The van der Waals surface area contributed by atoms with Gasteiger partial charge in [0.2, 0.25) is 5.88 Å². The van der Waals surface area contributed by atoms with Gasteiger partial charge in [-0.05, 0) is 0 Å². The van der Waals surface area contributed by atoms with Crippen LogP contribution in [0.3, 0.4) is 0 Å². The quantitative estimate of drug-likeness (QED) is 0.669. The van der Waals surface area contributed by atoms with Gasteiger partial charge < -0.3 is 10.2 Å². The normalized spacial score (nSPS) is 9.75. The summed E-state index contributed by atoms with van der Waals surface area (Å²) in [7, 11) is 0. The zero-order valence-corrected chi connectivity index (χ0v) is 6.48. The van der Waals surface area contributed by atoms with Crippen molar-refractivity contribution in [2.24, 2.45) is 0 Å². The predicted molar refractivity (Wildman–Crippen MR) is 40.0 cm³/mol. The van der Waals surface area contributed by atoms with E-state index in [0.717, 1.165) is 6.07 Å². The first-order valence-corrected chi connectivity index (χ1v) is 3.43. The molecule has 0 saturated carbocycles. The van der Waals surface area contributed by atoms with E-state index in [1.807, 2.05) is 0 Å². The van der Waals surface area contributed by atoms with Crippen molar-refractivity contribution in [3.05, 3.63) is 17.6 Å². The summed E-state index contributed by atoms with van der Waals surface area (Å²) < 4.78 is 0. The topological polar surface area (TPSA) is 83.3 Å². The average molecular weight is 168 g/mol. The van der Waals surface area contributed by atoms with Crippen LogP contribution in [-0.4, -0.2) is 26.2 Å². The first kappa shape index (κ1) is 8.45. The van der Waals surface area contributed by atoms with Crippen molar-refractivity contribution in [1.29, 1.82) is 0 Å². The summed E-state index contributed by atoms with van der Waals surface area (Å²) in [6.07, 6.45) is 0.495. The Morgan fingerprint density at radius 2 is 2.25 bits per heavy atom. The smallest absolute Gasteiger partial charge is 0.354 e. The third-order valence-electron chi connectivity index (χ3n) is 1.29. The fourth-order valence-electron chi connectivity index (χ4n) is 0.751. The second-order valence-corrected chi connectivity index (χ2v) is 2.19. The van der Waals surface area contributed by atoms with E-state index in [4.69, 9.17) is 10.2 Å². The lowest BCUT2D eigenvalue weighted by Crippen LogP contribution is -2.04. The highest BCUT2D eigenvalue weighted by atomic mass is 16.4. The van der Waals surface area contributed by atoms with Crippen molar-refractivity contribution in [3.63, 3.8) is 0 Å². The molecular weight excluding hydrogens is 160 g/mol. The largest absolute Gasteiger partial charge is 0.493 e. The molecule has 0 fully saturated rings. The summed E-state index contributed by atoms with van der Waals surface area (Å²) >= 11 is 0. The second kappa shape index (κ2) is 3.17. The maximum Gasteiger partial charge on any atom is 0.354 e. The Bertz CT molecular complexity index is 312. The van der Waals surface area contributed by atoms with Gasteiger partial charge in [0, 0.05) is 12.5 Å². The van der Waals surface area contributed by atoms with Crippen LogP contribution in [0.1, 0.15) is 23.2 Å². The molecule has 0 aliphatic carbocycles. The van der Waals surface area contributed by atoms with Crippen LogP contribution in [0.25, 0.3) is 0 Å². The van der Waals surface area contributed by atoms with Crippen LogP contribution >= 0.6 is 0 Å². The fourth-order valence-corrected chi connectivity index (χ4v) is 0.751. The van der Waals surface area contributed by atoms with E-state index in [9.17, 15) is 4.79 Å². The van der Waals surface area contributed by atoms with Gasteiger partial charge >= 0.3 is 5.97 Å². The lowest BCUT2D eigenvalue weighted by Gasteiger charge is -1.98. The molecule has 1 heterocycles. The molecular formula is C7H8N2O3. The van der Waals surface area contributed by atoms with E-state index >= 15 is 0 Å². The van der Waals surface area contributed by atoms with Crippen LogP contribution in [0.5, 0.6) is 5.88 Å². The van der Waals surface area contributed by atoms with Crippen LogP contribution in [0, 0.1) is 0 Å². The molecule has 5 nitrogen and oxygen atoms in total. The second-order valence-electron chi connectivity index (χ2n) is 2.19. The number of aromatic nitrogens is 2. The number of aryl methyl sites for hydroxylation is 1. The molecule has 64 valence electrons. The summed E-state index contributed by atoms with van der Waals surface area (Å²) in [6, 6.07) is 1.02. The molecule has 0 aromatic carbocycles. The number of hydrogen-bond donors (Lipinski definition) is 2. The van der Waals surface area contributed by atoms with E-state index in [-0.39, 0.29) is 11.6 Å². The van der Waals surface area contributed by atoms with Crippen molar-refractivity contribution in [1.82, 2.24) is 9.97 Å². The van der Waals surface area contributed by atoms with Crippen molar-refractivity contribution in [3.8, 4) is 5.88 Å². The average Bonchev–Trinajstić information content (AvgIpc) is 2.03. The lowest BCUT2D eigenvalue weighted by atomic mass is 10.3. The minimum Gasteiger partial charge on any atom is -0.493 e. The van der Waals surface area contributed by atoms with Gasteiger partial charge in [0.1, 0.15) is 5.82 Å². The highest BCUT2D eigenvalue weighted by molar-refractivity contribution is 5.85. The van der Waals surface area contributed by atoms with Gasteiger partial charge in [0.05, 0.1) is 0 Å². The molecule has 1 rings (SSSR count). The predicted octanol–water partition coefficient (Wildman–Crippen LogP) is 0.443. The number of carbonyl (C=O) groups is 1. The zero-order chi connectivity index (χ0) is 9.14. The van der Waals surface area contributed by atoms with Gasteiger partial charge in [-0.15, -0.1) is 0 Å². The molecule has 0 amide bonds. The molecule has 0 aliphatic heterocycles. The number of hydrogen-bond acceptors (Lipinski definition) is 4. The van der Waals surface area contributed by atoms with Gasteiger partial charge in [-0.3, -0.25) is 0 Å². The first-order chi connectivity index (χ1) is 5.63. The molecule has 0 saturated heterocycles. The van der Waals surface area contributed by atoms with Crippen molar-refractivity contribution >= 4 is 5.97 Å². The molecule has 0 bridgehead atoms. The number of aromatic hydroxyl groups is 1. The Morgan fingerprint density at radius 1 is 1.58 bits per heavy atom. The molecule has 0 spiro atoms. The van der Waals surface area contributed by atoms with Crippen LogP contribution in [0.4, 0.5) is 0 Å². The molecule has 12 heavy (non-hydrogen) atoms. The van der Waals surface area contributed by atoms with Gasteiger partial charge in [-0.25, -0.2) is 9.78 Å². The van der Waals surface area contributed by atoms with E-state index in [2.05, 4.69) is 9.97 Å². The zero-order valence-electron chi connectivity index (χ0n) is 6.48. The molecule has 0 unspecified atom stereocenters. The summed E-state index contributed by atoms with van der Waals surface area (Å²) in [5, 5.41) is 17.5. The highest BCUT2D eigenvalue weighted by Gasteiger charge is 2.08. The molecule has 2 N–H and O–H groups in total. The third kappa shape index (κ3) is 1.69. The van der Waals surface area contributed by atoms with E-state index in [0.29, 0.717) is 12.2 Å². The fraction of sp³-hybridized carbons (Fsp3) is 0.286. The number of carboxylic acid groups (broad SMARTS) is 1. The summed E-state index contributed by atoms with van der Waals surface area (Å²) in [5.41, 5.74) is -0.181. The maximum atomic E-state index is 10.4. The molecule has 0 radical (unpaired) electrons. The minimum absolute atomic E-state index is 0.181. The first-order valence-electron chi connectivity index (χ1n) is 3.43. The van der Waals surface area contributed by atoms with E-state index < -0.39 is 5.97 Å². The number of carboxylic acids is 1. The lowest BCUT2D eigenvalue weighted by molar-refractivity contribution is 0.0689. The third-order valence-corrected chi connectivity index (χ3v) is 1.29. The summed E-state index contributed by atoms with van der Waals surface area (Å²) in [6.45, 7) is 1.78. The number of rotatable bonds is 2. The monoisotopic (exact) mass is 168 g/mol. The van der Waals surface area contributed by atoms with E-state index in [1.165, 1.54) is 0 Å². The molecule has 0 aliphatic rings. The summed E-state index contributed by atoms with van der Waals surface area (Å²) in [4.78, 5) is 17.7. The Morgan fingerprint density at radius 3 is 2.75 bits per heavy atom. The van der Waals surface area contributed by atoms with Crippen LogP contribution in [-0.2, 0) is 6.42 Å². The Labute approximate surface area is 68.7 Å². The van der Waals surface area contributed by atoms with Crippen LogP contribution < -0.4 is 0 Å². The highest BCUT2D eigenvalue weighted by Crippen LogP contribution is 2.07. The van der Waals surface area contributed by atoms with Crippen LogP contribution in [0.15, 0.2) is 6.07 Å². The van der Waals surface area contributed by atoms with Crippen molar-refractivity contribution in [2.45, 2.75) is 13.3 Å². The maximum absolute atomic E-state index is 10.4. The standard InChI is InChI=1S/C7H8N2O3/c1-2-5-8-4(7(11)12)3-6(10)9-5/h3H,2H2,1H3,(H,11,12)(H,8,9,10). The summed E-state index contributed by atoms with van der Waals surface area (Å²) in [5.74, 6) is -1.14. The Kier molecular flexibility index (Phi) is 2.23. The molecule has 1 aromatic rings. The van der Waals surface area contributed by atoms with E-state index in [1.54, 1.807) is 6.92 Å². The molecule has 1 aromatic heterocycles. The SMILES string of the molecule is CCc1nc(O)cc(C(=O)O)n1. The Hall–Kier alpha value is -1.65. The van der Waals surface area contributed by atoms with Gasteiger partial charge in [-0.2, -0.15) is 4.98 Å². The van der Waals surface area contributed by atoms with Crippen LogP contribution in [0.2, 0.25) is 0 Å². The molecule has 0 atom stereocenters. The number of nitrogens with zero attached hydrogens (tertiary/aromatic N) is 2. The van der Waals surface area contributed by atoms with Gasteiger partial charge in [-0.1, -0.05) is 6.92 Å². The number of aromatic carboxylic acids is 1. The van der Waals surface area contributed by atoms with Gasteiger partial charge in [0.25, 0.3) is 0 Å². The van der Waals surface area contributed by atoms with Gasteiger partial charge in [0.15, 0.2) is 5.69 Å². The van der Waals surface area contributed by atoms with Crippen molar-refractivity contribution < 1.29 is 15.0 Å². The minimum atomic E-state index is -1.16. The van der Waals surface area contributed by atoms with Crippen molar-refractivity contribution in [2.75, 3.05) is 0 Å². The Balaban J connectivity index is 3.15.